The highest BCUT2D eigenvalue weighted by Gasteiger charge is 2.24. The summed E-state index contributed by atoms with van der Waals surface area (Å²) in [5.41, 5.74) is 14.8. The van der Waals surface area contributed by atoms with Gasteiger partial charge in [0.25, 0.3) is 0 Å². The molecule has 0 saturated heterocycles. The van der Waals surface area contributed by atoms with Crippen LogP contribution in [0.25, 0.3) is 11.3 Å². The third kappa shape index (κ3) is 2.14. The lowest BCUT2D eigenvalue weighted by Crippen LogP contribution is -2.43. The summed E-state index contributed by atoms with van der Waals surface area (Å²) in [5.74, 6) is 0.989. The molecule has 1 atom stereocenters. The molecule has 1 aromatic heterocycles. The highest BCUT2D eigenvalue weighted by molar-refractivity contribution is 14.1. The van der Waals surface area contributed by atoms with E-state index in [1.165, 1.54) is 0 Å². The van der Waals surface area contributed by atoms with Gasteiger partial charge in [0, 0.05) is 21.7 Å². The topological polar surface area (TPSA) is 80.5 Å². The van der Waals surface area contributed by atoms with Crippen LogP contribution in [0.5, 0.6) is 0 Å². The summed E-state index contributed by atoms with van der Waals surface area (Å²) < 4.78 is 1.15. The first-order valence-corrected chi connectivity index (χ1v) is 7.24. The lowest BCUT2D eigenvalue weighted by Gasteiger charge is -2.30. The van der Waals surface area contributed by atoms with E-state index < -0.39 is 0 Å². The highest BCUT2D eigenvalue weighted by atomic mass is 127. The number of hydrogen-bond acceptors (Lipinski definition) is 5. The summed E-state index contributed by atoms with van der Waals surface area (Å²) >= 11 is 2.30. The van der Waals surface area contributed by atoms with Gasteiger partial charge >= 0.3 is 0 Å². The number of rotatable bonds is 1. The van der Waals surface area contributed by atoms with E-state index in [2.05, 4.69) is 32.6 Å². The Labute approximate surface area is 130 Å². The first-order chi connectivity index (χ1) is 9.58. The molecule has 1 aromatic carbocycles. The van der Waals surface area contributed by atoms with E-state index >= 15 is 0 Å². The number of halogens is 1. The Balaban J connectivity index is 2.13. The van der Waals surface area contributed by atoms with Crippen LogP contribution in [0.1, 0.15) is 11.7 Å². The highest BCUT2D eigenvalue weighted by Crippen LogP contribution is 2.32. The molecule has 0 fully saturated rings. The maximum Gasteiger partial charge on any atom is 0.199 e. The minimum absolute atomic E-state index is 0.307. The Kier molecular flexibility index (Phi) is 3.35. The number of fused-ring (bicyclic) bond motifs is 1. The van der Waals surface area contributed by atoms with E-state index in [1.807, 2.05) is 43.4 Å². The van der Waals surface area contributed by atoms with E-state index in [0.29, 0.717) is 11.8 Å². The van der Waals surface area contributed by atoms with Crippen LogP contribution in [0, 0.1) is 3.57 Å². The summed E-state index contributed by atoms with van der Waals surface area (Å²) in [6.45, 7) is 0. The van der Waals surface area contributed by atoms with Crippen molar-refractivity contribution in [2.24, 2.45) is 16.5 Å². The first kappa shape index (κ1) is 13.3. The van der Waals surface area contributed by atoms with Crippen LogP contribution in [-0.4, -0.2) is 22.9 Å². The molecule has 6 heteroatoms. The lowest BCUT2D eigenvalue weighted by atomic mass is 10.1. The normalized spacial score (nSPS) is 17.6. The molecular weight excluding hydrogens is 365 g/mol. The monoisotopic (exact) mass is 379 g/mol. The average Bonchev–Trinajstić information content (AvgIpc) is 2.45. The maximum atomic E-state index is 6.12. The molecule has 3 rings (SSSR count). The third-order valence-corrected chi connectivity index (χ3v) is 4.31. The number of aromatic nitrogens is 1. The molecule has 2 heterocycles. The van der Waals surface area contributed by atoms with Gasteiger partial charge < -0.3 is 16.4 Å². The third-order valence-electron chi connectivity index (χ3n) is 3.37. The van der Waals surface area contributed by atoms with Crippen molar-refractivity contribution in [2.45, 2.75) is 6.17 Å². The molecule has 1 aliphatic heterocycles. The van der Waals surface area contributed by atoms with Gasteiger partial charge in [-0.2, -0.15) is 4.99 Å². The Hall–Kier alpha value is -1.67. The fourth-order valence-electron chi connectivity index (χ4n) is 2.14. The molecule has 1 unspecified atom stereocenters. The van der Waals surface area contributed by atoms with Gasteiger partial charge in [-0.1, -0.05) is 18.2 Å². The average molecular weight is 379 g/mol. The largest absolute Gasteiger partial charge is 0.369 e. The standard InChI is InChI=1S/C14H14IN5/c1-20-12(16)9-6-7-11(18-13(9)19-14(20)17)8-4-2-3-5-10(8)15/h2-7,12H,16H2,1H3,(H2,17,18,19). The van der Waals surface area contributed by atoms with E-state index in [9.17, 15) is 0 Å². The Bertz CT molecular complexity index is 698. The molecule has 1 aliphatic rings. The molecule has 0 radical (unpaired) electrons. The van der Waals surface area contributed by atoms with Crippen LogP contribution in [0.4, 0.5) is 5.82 Å². The summed E-state index contributed by atoms with van der Waals surface area (Å²) in [7, 11) is 1.82. The van der Waals surface area contributed by atoms with Crippen LogP contribution < -0.4 is 11.5 Å². The van der Waals surface area contributed by atoms with Crippen molar-refractivity contribution in [3.63, 3.8) is 0 Å². The predicted octanol–water partition coefficient (Wildman–Crippen LogP) is 2.20. The predicted molar refractivity (Wildman–Crippen MR) is 88.4 cm³/mol. The molecule has 0 saturated carbocycles. The van der Waals surface area contributed by atoms with Crippen LogP contribution in [-0.2, 0) is 0 Å². The van der Waals surface area contributed by atoms with Crippen molar-refractivity contribution in [1.82, 2.24) is 9.88 Å². The van der Waals surface area contributed by atoms with Crippen molar-refractivity contribution in [3.05, 3.63) is 45.5 Å². The second-order valence-corrected chi connectivity index (χ2v) is 5.78. The zero-order chi connectivity index (χ0) is 14.3. The lowest BCUT2D eigenvalue weighted by molar-refractivity contribution is 0.374. The summed E-state index contributed by atoms with van der Waals surface area (Å²) in [6, 6.07) is 12.0. The van der Waals surface area contributed by atoms with Crippen LogP contribution in [0.2, 0.25) is 0 Å². The van der Waals surface area contributed by atoms with E-state index in [4.69, 9.17) is 11.5 Å². The summed E-state index contributed by atoms with van der Waals surface area (Å²) in [6.07, 6.45) is -0.307. The van der Waals surface area contributed by atoms with E-state index in [0.717, 1.165) is 20.4 Å². The molecule has 5 nitrogen and oxygen atoms in total. The van der Waals surface area contributed by atoms with Gasteiger partial charge in [0.2, 0.25) is 0 Å². The van der Waals surface area contributed by atoms with Gasteiger partial charge in [0.05, 0.1) is 5.69 Å². The van der Waals surface area contributed by atoms with E-state index in [1.54, 1.807) is 4.90 Å². The Morgan fingerprint density at radius 1 is 1.20 bits per heavy atom. The molecule has 0 spiro atoms. The molecule has 102 valence electrons. The van der Waals surface area contributed by atoms with Gasteiger partial charge in [0.1, 0.15) is 6.17 Å². The number of benzene rings is 1. The van der Waals surface area contributed by atoms with Crippen LogP contribution in [0.15, 0.2) is 41.4 Å². The van der Waals surface area contributed by atoms with Gasteiger partial charge in [0.15, 0.2) is 11.8 Å². The van der Waals surface area contributed by atoms with Gasteiger partial charge in [-0.05, 0) is 40.8 Å². The van der Waals surface area contributed by atoms with Gasteiger partial charge in [-0.15, -0.1) is 0 Å². The number of hydrogen-bond donors (Lipinski definition) is 2. The quantitative estimate of drug-likeness (QED) is 0.745. The molecule has 2 aromatic rings. The summed E-state index contributed by atoms with van der Waals surface area (Å²) in [4.78, 5) is 10.7. The smallest absolute Gasteiger partial charge is 0.199 e. The fourth-order valence-corrected chi connectivity index (χ4v) is 2.80. The minimum atomic E-state index is -0.307. The van der Waals surface area contributed by atoms with Gasteiger partial charge in [-0.25, -0.2) is 4.98 Å². The van der Waals surface area contributed by atoms with E-state index in [-0.39, 0.29) is 6.17 Å². The van der Waals surface area contributed by atoms with Gasteiger partial charge in [-0.3, -0.25) is 0 Å². The Morgan fingerprint density at radius 2 is 1.95 bits per heavy atom. The second-order valence-electron chi connectivity index (χ2n) is 4.61. The Morgan fingerprint density at radius 3 is 2.70 bits per heavy atom. The molecule has 20 heavy (non-hydrogen) atoms. The number of nitrogens with two attached hydrogens (primary N) is 2. The van der Waals surface area contributed by atoms with Crippen molar-refractivity contribution in [3.8, 4) is 11.3 Å². The number of guanidine groups is 1. The van der Waals surface area contributed by atoms with Crippen LogP contribution >= 0.6 is 22.6 Å². The molecule has 0 bridgehead atoms. The molecule has 0 aliphatic carbocycles. The number of aliphatic imine (C=N–C) groups is 1. The van der Waals surface area contributed by atoms with Crippen molar-refractivity contribution >= 4 is 34.4 Å². The maximum absolute atomic E-state index is 6.12. The molecular formula is C14H14IN5. The first-order valence-electron chi connectivity index (χ1n) is 6.16. The minimum Gasteiger partial charge on any atom is -0.369 e. The van der Waals surface area contributed by atoms with Crippen LogP contribution in [0.3, 0.4) is 0 Å². The molecule has 0 amide bonds. The SMILES string of the molecule is CN1C(N)=Nc2nc(-c3ccccc3I)ccc2C1N. The van der Waals surface area contributed by atoms with Crippen molar-refractivity contribution < 1.29 is 0 Å². The number of nitrogens with zero attached hydrogens (tertiary/aromatic N) is 3. The molecule has 4 N–H and O–H groups in total. The zero-order valence-corrected chi connectivity index (χ0v) is 13.1. The van der Waals surface area contributed by atoms with Crippen molar-refractivity contribution in [2.75, 3.05) is 7.05 Å². The van der Waals surface area contributed by atoms with Crippen molar-refractivity contribution in [1.29, 1.82) is 0 Å². The summed E-state index contributed by atoms with van der Waals surface area (Å²) in [5, 5.41) is 0. The number of pyridine rings is 1. The fraction of sp³-hybridized carbons (Fsp3) is 0.143. The zero-order valence-electron chi connectivity index (χ0n) is 10.9. The second kappa shape index (κ2) is 5.02.